The van der Waals surface area contributed by atoms with Crippen LogP contribution in [0.15, 0.2) is 42.0 Å². The largest absolute Gasteiger partial charge is 0.493 e. The van der Waals surface area contributed by atoms with Crippen molar-refractivity contribution in [2.24, 2.45) is 0 Å². The molecule has 1 N–H and O–H groups in total. The zero-order valence-corrected chi connectivity index (χ0v) is 16.8. The van der Waals surface area contributed by atoms with Gasteiger partial charge in [0, 0.05) is 5.69 Å². The average Bonchev–Trinajstić information content (AvgIpc) is 2.69. The second-order valence-electron chi connectivity index (χ2n) is 6.50. The number of unbranched alkanes of at least 4 members (excludes halogenated alkanes) is 1. The highest BCUT2D eigenvalue weighted by Gasteiger charge is 2.13. The number of para-hydroxylation sites is 1. The number of nitrogens with zero attached hydrogens (tertiary/aromatic N) is 1. The summed E-state index contributed by atoms with van der Waals surface area (Å²) in [5.74, 6) is 0.771. The maximum atomic E-state index is 12.6. The van der Waals surface area contributed by atoms with E-state index < -0.39 is 5.91 Å². The highest BCUT2D eigenvalue weighted by Crippen LogP contribution is 2.29. The first-order valence-corrected chi connectivity index (χ1v) is 9.30. The SMILES string of the molecule is CCCCOc1cc(/C=C(\C#N)C(=O)Nc2c(C)cccc2C)ccc1OC. The van der Waals surface area contributed by atoms with Gasteiger partial charge in [-0.3, -0.25) is 4.79 Å². The number of hydrogen-bond acceptors (Lipinski definition) is 4. The fourth-order valence-electron chi connectivity index (χ4n) is 2.73. The van der Waals surface area contributed by atoms with Gasteiger partial charge in [0.15, 0.2) is 11.5 Å². The zero-order chi connectivity index (χ0) is 20.5. The van der Waals surface area contributed by atoms with Crippen molar-refractivity contribution in [2.45, 2.75) is 33.6 Å². The first kappa shape index (κ1) is 21.0. The van der Waals surface area contributed by atoms with Crippen LogP contribution in [0.5, 0.6) is 11.5 Å². The Morgan fingerprint density at radius 2 is 1.89 bits per heavy atom. The fraction of sp³-hybridized carbons (Fsp3) is 0.304. The molecule has 0 bridgehead atoms. The fourth-order valence-corrected chi connectivity index (χ4v) is 2.73. The lowest BCUT2D eigenvalue weighted by Crippen LogP contribution is -2.15. The molecule has 1 amide bonds. The van der Waals surface area contributed by atoms with Gasteiger partial charge >= 0.3 is 0 Å². The van der Waals surface area contributed by atoms with Crippen molar-refractivity contribution in [1.82, 2.24) is 0 Å². The molecule has 0 aliphatic heterocycles. The summed E-state index contributed by atoms with van der Waals surface area (Å²) in [6.07, 6.45) is 3.51. The quantitative estimate of drug-likeness (QED) is 0.397. The van der Waals surface area contributed by atoms with E-state index in [1.165, 1.54) is 0 Å². The third kappa shape index (κ3) is 5.37. The summed E-state index contributed by atoms with van der Waals surface area (Å²) in [5.41, 5.74) is 3.34. The average molecular weight is 378 g/mol. The van der Waals surface area contributed by atoms with Crippen LogP contribution in [-0.2, 0) is 4.79 Å². The summed E-state index contributed by atoms with van der Waals surface area (Å²) in [6.45, 7) is 6.51. The molecule has 0 saturated carbocycles. The van der Waals surface area contributed by atoms with Crippen LogP contribution in [0.2, 0.25) is 0 Å². The van der Waals surface area contributed by atoms with E-state index in [-0.39, 0.29) is 5.57 Å². The molecule has 2 aromatic rings. The number of benzene rings is 2. The Balaban J connectivity index is 2.27. The van der Waals surface area contributed by atoms with Gasteiger partial charge in [-0.05, 0) is 55.2 Å². The molecule has 0 aliphatic rings. The summed E-state index contributed by atoms with van der Waals surface area (Å²) >= 11 is 0. The summed E-state index contributed by atoms with van der Waals surface area (Å²) in [5, 5.41) is 12.3. The molecule has 0 saturated heterocycles. The number of amides is 1. The van der Waals surface area contributed by atoms with E-state index >= 15 is 0 Å². The maximum Gasteiger partial charge on any atom is 0.266 e. The number of carbonyl (C=O) groups is 1. The second kappa shape index (κ2) is 10.2. The van der Waals surface area contributed by atoms with Gasteiger partial charge in [-0.25, -0.2) is 0 Å². The minimum absolute atomic E-state index is 0.0207. The van der Waals surface area contributed by atoms with Gasteiger partial charge in [-0.1, -0.05) is 37.6 Å². The molecule has 5 nitrogen and oxygen atoms in total. The van der Waals surface area contributed by atoms with Gasteiger partial charge in [0.1, 0.15) is 11.6 Å². The van der Waals surface area contributed by atoms with Gasteiger partial charge < -0.3 is 14.8 Å². The highest BCUT2D eigenvalue weighted by molar-refractivity contribution is 6.10. The van der Waals surface area contributed by atoms with Crippen LogP contribution in [0.4, 0.5) is 5.69 Å². The predicted molar refractivity (Wildman–Crippen MR) is 112 cm³/mol. The van der Waals surface area contributed by atoms with Crippen molar-refractivity contribution in [3.8, 4) is 17.6 Å². The Kier molecular flexibility index (Phi) is 7.65. The van der Waals surface area contributed by atoms with Crippen molar-refractivity contribution in [3.05, 3.63) is 58.7 Å². The molecule has 28 heavy (non-hydrogen) atoms. The van der Waals surface area contributed by atoms with Gasteiger partial charge in [0.05, 0.1) is 13.7 Å². The summed E-state index contributed by atoms with van der Waals surface area (Å²) < 4.78 is 11.1. The number of nitriles is 1. The van der Waals surface area contributed by atoms with Gasteiger partial charge in [0.2, 0.25) is 0 Å². The van der Waals surface area contributed by atoms with E-state index in [9.17, 15) is 10.1 Å². The molecule has 5 heteroatoms. The topological polar surface area (TPSA) is 71.3 Å². The Morgan fingerprint density at radius 3 is 2.50 bits per heavy atom. The highest BCUT2D eigenvalue weighted by atomic mass is 16.5. The Bertz CT molecular complexity index is 890. The van der Waals surface area contributed by atoms with Crippen molar-refractivity contribution >= 4 is 17.7 Å². The molecular weight excluding hydrogens is 352 g/mol. The first-order valence-electron chi connectivity index (χ1n) is 9.30. The van der Waals surface area contributed by atoms with Gasteiger partial charge in [-0.2, -0.15) is 5.26 Å². The van der Waals surface area contributed by atoms with Crippen LogP contribution in [0, 0.1) is 25.2 Å². The zero-order valence-electron chi connectivity index (χ0n) is 16.8. The van der Waals surface area contributed by atoms with Crippen molar-refractivity contribution < 1.29 is 14.3 Å². The number of nitrogens with one attached hydrogen (secondary N) is 1. The minimum Gasteiger partial charge on any atom is -0.493 e. The van der Waals surface area contributed by atoms with E-state index in [0.29, 0.717) is 23.7 Å². The molecule has 0 spiro atoms. The maximum absolute atomic E-state index is 12.6. The smallest absolute Gasteiger partial charge is 0.266 e. The molecule has 0 fully saturated rings. The Morgan fingerprint density at radius 1 is 1.18 bits per heavy atom. The molecule has 0 aromatic heterocycles. The number of ether oxygens (including phenoxy) is 2. The molecule has 2 rings (SSSR count). The number of aryl methyl sites for hydroxylation is 2. The normalized spacial score (nSPS) is 10.9. The third-order valence-electron chi connectivity index (χ3n) is 4.34. The molecule has 0 radical (unpaired) electrons. The standard InChI is InChI=1S/C23H26N2O3/c1-5-6-12-28-21-14-18(10-11-20(21)27-4)13-19(15-24)23(26)25-22-16(2)8-7-9-17(22)3/h7-11,13-14H,5-6,12H2,1-4H3,(H,25,26)/b19-13+. The van der Waals surface area contributed by atoms with E-state index in [1.807, 2.05) is 38.1 Å². The van der Waals surface area contributed by atoms with Crippen molar-refractivity contribution in [3.63, 3.8) is 0 Å². The summed E-state index contributed by atoms with van der Waals surface area (Å²) in [4.78, 5) is 12.6. The Labute approximate surface area is 166 Å². The molecule has 0 aliphatic carbocycles. The van der Waals surface area contributed by atoms with E-state index in [2.05, 4.69) is 12.2 Å². The van der Waals surface area contributed by atoms with Crippen molar-refractivity contribution in [1.29, 1.82) is 5.26 Å². The lowest BCUT2D eigenvalue weighted by atomic mass is 10.1. The molecule has 0 unspecified atom stereocenters. The lowest BCUT2D eigenvalue weighted by molar-refractivity contribution is -0.112. The number of methoxy groups -OCH3 is 1. The third-order valence-corrected chi connectivity index (χ3v) is 4.34. The number of carbonyl (C=O) groups excluding carboxylic acids is 1. The van der Waals surface area contributed by atoms with Crippen LogP contribution < -0.4 is 14.8 Å². The van der Waals surface area contributed by atoms with E-state index in [0.717, 1.165) is 29.7 Å². The van der Waals surface area contributed by atoms with Gasteiger partial charge in [-0.15, -0.1) is 0 Å². The lowest BCUT2D eigenvalue weighted by Gasteiger charge is -2.12. The molecular formula is C23H26N2O3. The first-order chi connectivity index (χ1) is 13.5. The van der Waals surface area contributed by atoms with Crippen LogP contribution in [0.25, 0.3) is 6.08 Å². The number of anilines is 1. The molecule has 146 valence electrons. The molecule has 2 aromatic carbocycles. The predicted octanol–water partition coefficient (Wildman–Crippen LogP) is 5.04. The van der Waals surface area contributed by atoms with Gasteiger partial charge in [0.25, 0.3) is 5.91 Å². The van der Waals surface area contributed by atoms with Crippen molar-refractivity contribution in [2.75, 3.05) is 19.0 Å². The van der Waals surface area contributed by atoms with Crippen LogP contribution >= 0.6 is 0 Å². The number of hydrogen-bond donors (Lipinski definition) is 1. The monoisotopic (exact) mass is 378 g/mol. The van der Waals surface area contributed by atoms with Crippen LogP contribution in [0.1, 0.15) is 36.5 Å². The van der Waals surface area contributed by atoms with Crippen LogP contribution in [0.3, 0.4) is 0 Å². The van der Waals surface area contributed by atoms with E-state index in [1.54, 1.807) is 31.4 Å². The summed E-state index contributed by atoms with van der Waals surface area (Å²) in [6, 6.07) is 13.1. The Hall–Kier alpha value is -3.26. The summed E-state index contributed by atoms with van der Waals surface area (Å²) in [7, 11) is 1.58. The van der Waals surface area contributed by atoms with Crippen LogP contribution in [-0.4, -0.2) is 19.6 Å². The molecule has 0 heterocycles. The number of rotatable bonds is 8. The van der Waals surface area contributed by atoms with E-state index in [4.69, 9.17) is 9.47 Å². The second-order valence-corrected chi connectivity index (χ2v) is 6.50. The molecule has 0 atom stereocenters. The minimum atomic E-state index is -0.441.